The maximum absolute atomic E-state index is 5.72. The van der Waals surface area contributed by atoms with Gasteiger partial charge in [-0.15, -0.1) is 0 Å². The van der Waals surface area contributed by atoms with Crippen molar-refractivity contribution in [2.45, 2.75) is 32.6 Å². The molecule has 116 valence electrons. The van der Waals surface area contributed by atoms with Crippen molar-refractivity contribution in [3.8, 4) is 5.75 Å². The average molecular weight is 296 g/mol. The lowest BCUT2D eigenvalue weighted by Crippen LogP contribution is -1.97. The number of ether oxygens (including phenoxy) is 1. The van der Waals surface area contributed by atoms with Gasteiger partial charge in [0.2, 0.25) is 0 Å². The number of benzene rings is 2. The summed E-state index contributed by atoms with van der Waals surface area (Å²) in [4.78, 5) is 0. The van der Waals surface area contributed by atoms with Crippen molar-refractivity contribution in [2.24, 2.45) is 5.10 Å². The zero-order valence-electron chi connectivity index (χ0n) is 13.2. The fraction of sp³-hybridized carbons (Fsp3) is 0.316. The number of hydrogen-bond donors (Lipinski definition) is 1. The van der Waals surface area contributed by atoms with E-state index < -0.39 is 0 Å². The maximum atomic E-state index is 5.72. The van der Waals surface area contributed by atoms with Crippen molar-refractivity contribution in [3.05, 3.63) is 60.2 Å². The molecule has 0 saturated heterocycles. The Labute approximate surface area is 133 Å². The standard InChI is InChI=1S/C19H24N2O/c1-2-3-4-8-15-22-19-13-11-17(12-14-19)16-20-21-18-9-6-5-7-10-18/h5-7,9-14,16,21H,2-4,8,15H2,1H3. The molecule has 0 unspecified atom stereocenters. The van der Waals surface area contributed by atoms with E-state index in [2.05, 4.69) is 17.5 Å². The van der Waals surface area contributed by atoms with E-state index in [9.17, 15) is 0 Å². The van der Waals surface area contributed by atoms with Crippen molar-refractivity contribution in [3.63, 3.8) is 0 Å². The monoisotopic (exact) mass is 296 g/mol. The minimum atomic E-state index is 0.795. The van der Waals surface area contributed by atoms with Crippen LogP contribution in [0.15, 0.2) is 59.7 Å². The van der Waals surface area contributed by atoms with E-state index in [4.69, 9.17) is 4.74 Å². The first kappa shape index (κ1) is 16.1. The minimum absolute atomic E-state index is 0.795. The second-order valence-electron chi connectivity index (χ2n) is 5.21. The SMILES string of the molecule is CCCCCCOc1ccc(C=NNc2ccccc2)cc1. The Balaban J connectivity index is 1.74. The normalized spacial score (nSPS) is 10.8. The molecular formula is C19H24N2O. The molecule has 0 amide bonds. The Morgan fingerprint density at radius 2 is 1.73 bits per heavy atom. The van der Waals surface area contributed by atoms with Crippen LogP contribution in [0, 0.1) is 0 Å². The predicted molar refractivity (Wildman–Crippen MR) is 93.7 cm³/mol. The van der Waals surface area contributed by atoms with Gasteiger partial charge in [-0.25, -0.2) is 0 Å². The van der Waals surface area contributed by atoms with Crippen molar-refractivity contribution in [2.75, 3.05) is 12.0 Å². The largest absolute Gasteiger partial charge is 0.494 e. The molecule has 0 atom stereocenters. The number of nitrogens with zero attached hydrogens (tertiary/aromatic N) is 1. The van der Waals surface area contributed by atoms with Crippen LogP contribution in [0.3, 0.4) is 0 Å². The molecule has 0 heterocycles. The topological polar surface area (TPSA) is 33.6 Å². The Morgan fingerprint density at radius 3 is 2.45 bits per heavy atom. The molecule has 0 spiro atoms. The molecule has 2 aromatic carbocycles. The number of para-hydroxylation sites is 1. The smallest absolute Gasteiger partial charge is 0.119 e. The Kier molecular flexibility index (Phi) is 7.03. The number of nitrogens with one attached hydrogen (secondary N) is 1. The van der Waals surface area contributed by atoms with Crippen LogP contribution in [0.2, 0.25) is 0 Å². The Morgan fingerprint density at radius 1 is 0.955 bits per heavy atom. The second-order valence-corrected chi connectivity index (χ2v) is 5.21. The Bertz CT molecular complexity index is 549. The summed E-state index contributed by atoms with van der Waals surface area (Å²) in [7, 11) is 0. The summed E-state index contributed by atoms with van der Waals surface area (Å²) < 4.78 is 5.72. The minimum Gasteiger partial charge on any atom is -0.494 e. The summed E-state index contributed by atoms with van der Waals surface area (Å²) >= 11 is 0. The third kappa shape index (κ3) is 6.00. The molecule has 0 aliphatic carbocycles. The molecule has 1 N–H and O–H groups in total. The molecule has 0 fully saturated rings. The van der Waals surface area contributed by atoms with Gasteiger partial charge >= 0.3 is 0 Å². The first-order valence-corrected chi connectivity index (χ1v) is 7.95. The number of rotatable bonds is 9. The highest BCUT2D eigenvalue weighted by molar-refractivity contribution is 5.80. The van der Waals surface area contributed by atoms with Gasteiger partial charge in [0.05, 0.1) is 18.5 Å². The third-order valence-electron chi connectivity index (χ3n) is 3.33. The van der Waals surface area contributed by atoms with E-state index in [-0.39, 0.29) is 0 Å². The fourth-order valence-electron chi connectivity index (χ4n) is 2.06. The number of unbranched alkanes of at least 4 members (excludes halogenated alkanes) is 3. The van der Waals surface area contributed by atoms with E-state index in [0.29, 0.717) is 0 Å². The van der Waals surface area contributed by atoms with Crippen LogP contribution in [0.1, 0.15) is 38.2 Å². The fourth-order valence-corrected chi connectivity index (χ4v) is 2.06. The summed E-state index contributed by atoms with van der Waals surface area (Å²) in [6.45, 7) is 3.01. The first-order chi connectivity index (χ1) is 10.9. The molecule has 0 radical (unpaired) electrons. The van der Waals surface area contributed by atoms with Crippen LogP contribution >= 0.6 is 0 Å². The molecule has 3 nitrogen and oxygen atoms in total. The Hall–Kier alpha value is -2.29. The molecule has 2 aromatic rings. The number of hydrazone groups is 1. The summed E-state index contributed by atoms with van der Waals surface area (Å²) in [5.41, 5.74) is 5.02. The van der Waals surface area contributed by atoms with E-state index in [1.165, 1.54) is 19.3 Å². The zero-order chi connectivity index (χ0) is 15.5. The highest BCUT2D eigenvalue weighted by Gasteiger charge is 1.94. The summed E-state index contributed by atoms with van der Waals surface area (Å²) in [6.07, 6.45) is 6.71. The van der Waals surface area contributed by atoms with Gasteiger partial charge < -0.3 is 4.74 Å². The van der Waals surface area contributed by atoms with Crippen molar-refractivity contribution >= 4 is 11.9 Å². The summed E-state index contributed by atoms with van der Waals surface area (Å²) in [6, 6.07) is 17.9. The zero-order valence-corrected chi connectivity index (χ0v) is 13.2. The van der Waals surface area contributed by atoms with E-state index in [0.717, 1.165) is 30.0 Å². The molecule has 3 heteroatoms. The first-order valence-electron chi connectivity index (χ1n) is 7.95. The quantitative estimate of drug-likeness (QED) is 0.397. The van der Waals surface area contributed by atoms with Gasteiger partial charge in [0, 0.05) is 0 Å². The molecular weight excluding hydrogens is 272 g/mol. The molecule has 22 heavy (non-hydrogen) atoms. The van der Waals surface area contributed by atoms with Crippen LogP contribution in [-0.4, -0.2) is 12.8 Å². The maximum Gasteiger partial charge on any atom is 0.119 e. The van der Waals surface area contributed by atoms with Crippen molar-refractivity contribution in [1.29, 1.82) is 0 Å². The van der Waals surface area contributed by atoms with E-state index >= 15 is 0 Å². The summed E-state index contributed by atoms with van der Waals surface area (Å²) in [5, 5.41) is 4.22. The lowest BCUT2D eigenvalue weighted by Gasteiger charge is -2.06. The van der Waals surface area contributed by atoms with Crippen molar-refractivity contribution < 1.29 is 4.74 Å². The second kappa shape index (κ2) is 9.61. The van der Waals surface area contributed by atoms with Gasteiger partial charge in [-0.2, -0.15) is 5.10 Å². The highest BCUT2D eigenvalue weighted by atomic mass is 16.5. The van der Waals surface area contributed by atoms with Gasteiger partial charge in [0.1, 0.15) is 5.75 Å². The van der Waals surface area contributed by atoms with Crippen LogP contribution in [0.5, 0.6) is 5.75 Å². The van der Waals surface area contributed by atoms with Crippen molar-refractivity contribution in [1.82, 2.24) is 0 Å². The predicted octanol–water partition coefficient (Wildman–Crippen LogP) is 5.09. The molecule has 0 aliphatic rings. The lowest BCUT2D eigenvalue weighted by molar-refractivity contribution is 0.305. The van der Waals surface area contributed by atoms with Gasteiger partial charge in [0.15, 0.2) is 0 Å². The molecule has 2 rings (SSSR count). The average Bonchev–Trinajstić information content (AvgIpc) is 2.57. The highest BCUT2D eigenvalue weighted by Crippen LogP contribution is 2.12. The van der Waals surface area contributed by atoms with Crippen LogP contribution in [-0.2, 0) is 0 Å². The van der Waals surface area contributed by atoms with Gasteiger partial charge in [-0.05, 0) is 48.4 Å². The van der Waals surface area contributed by atoms with E-state index in [1.807, 2.05) is 54.6 Å². The van der Waals surface area contributed by atoms with Crippen LogP contribution < -0.4 is 10.2 Å². The van der Waals surface area contributed by atoms with E-state index in [1.54, 1.807) is 6.21 Å². The third-order valence-corrected chi connectivity index (χ3v) is 3.33. The summed E-state index contributed by atoms with van der Waals surface area (Å²) in [5.74, 6) is 0.921. The number of anilines is 1. The lowest BCUT2D eigenvalue weighted by atomic mass is 10.2. The van der Waals surface area contributed by atoms with Crippen LogP contribution in [0.4, 0.5) is 5.69 Å². The molecule has 0 saturated carbocycles. The van der Waals surface area contributed by atoms with Crippen LogP contribution in [0.25, 0.3) is 0 Å². The van der Waals surface area contributed by atoms with Gasteiger partial charge in [0.25, 0.3) is 0 Å². The van der Waals surface area contributed by atoms with Gasteiger partial charge in [-0.3, -0.25) is 5.43 Å². The molecule has 0 bridgehead atoms. The molecule has 0 aromatic heterocycles. The molecule has 0 aliphatic heterocycles. The van der Waals surface area contributed by atoms with Gasteiger partial charge in [-0.1, -0.05) is 44.4 Å². The number of hydrogen-bond acceptors (Lipinski definition) is 3.